The lowest BCUT2D eigenvalue weighted by Crippen LogP contribution is -2.36. The molecule has 1 aromatic heterocycles. The van der Waals surface area contributed by atoms with Crippen molar-refractivity contribution in [1.82, 2.24) is 9.78 Å². The fourth-order valence-electron chi connectivity index (χ4n) is 1.73. The van der Waals surface area contributed by atoms with E-state index >= 15 is 0 Å². The van der Waals surface area contributed by atoms with Gasteiger partial charge in [0.15, 0.2) is 0 Å². The van der Waals surface area contributed by atoms with Crippen LogP contribution in [-0.2, 0) is 11.3 Å². The minimum Gasteiger partial charge on any atom is -0.266 e. The summed E-state index contributed by atoms with van der Waals surface area (Å²) in [7, 11) is 0. The molecule has 1 aromatic carbocycles. The van der Waals surface area contributed by atoms with Gasteiger partial charge in [-0.1, -0.05) is 41.9 Å². The summed E-state index contributed by atoms with van der Waals surface area (Å²) in [6.07, 6.45) is 1.67. The van der Waals surface area contributed by atoms with Gasteiger partial charge in [-0.3, -0.25) is 4.79 Å². The molecule has 0 saturated heterocycles. The van der Waals surface area contributed by atoms with Gasteiger partial charge in [-0.15, -0.1) is 11.8 Å². The zero-order chi connectivity index (χ0) is 14.8. The molecule has 0 saturated carbocycles. The Kier molecular flexibility index (Phi) is 4.55. The van der Waals surface area contributed by atoms with Crippen molar-refractivity contribution in [2.75, 3.05) is 0 Å². The summed E-state index contributed by atoms with van der Waals surface area (Å²) in [5.74, 6) is 0.765. The number of hydrogen-bond acceptors (Lipinski definition) is 3. The summed E-state index contributed by atoms with van der Waals surface area (Å²) in [4.78, 5) is 12.9. The average molecular weight is 309 g/mol. The fraction of sp³-hybridized carbons (Fsp3) is 0.333. The molecule has 1 heterocycles. The molecule has 2 rings (SSSR count). The van der Waals surface area contributed by atoms with E-state index in [1.807, 2.05) is 51.1 Å². The Hall–Kier alpha value is -1.26. The average Bonchev–Trinajstić information content (AvgIpc) is 2.40. The molecule has 106 valence electrons. The number of hydrogen-bond donors (Lipinski definition) is 0. The molecule has 0 aliphatic heterocycles. The van der Waals surface area contributed by atoms with E-state index in [0.29, 0.717) is 0 Å². The highest BCUT2D eigenvalue weighted by Gasteiger charge is 2.19. The number of halogens is 1. The Bertz CT molecular complexity index is 647. The van der Waals surface area contributed by atoms with Crippen molar-refractivity contribution >= 4 is 23.4 Å². The van der Waals surface area contributed by atoms with Gasteiger partial charge in [0, 0.05) is 5.75 Å². The van der Waals surface area contributed by atoms with E-state index < -0.39 is 0 Å². The Morgan fingerprint density at radius 3 is 2.50 bits per heavy atom. The monoisotopic (exact) mass is 308 g/mol. The second-order valence-electron chi connectivity index (χ2n) is 5.48. The van der Waals surface area contributed by atoms with Crippen LogP contribution in [0.1, 0.15) is 26.3 Å². The van der Waals surface area contributed by atoms with Crippen LogP contribution in [0.2, 0.25) is 5.02 Å². The predicted octanol–water partition coefficient (Wildman–Crippen LogP) is 3.94. The van der Waals surface area contributed by atoms with Crippen molar-refractivity contribution in [3.8, 4) is 0 Å². The summed E-state index contributed by atoms with van der Waals surface area (Å²) >= 11 is 7.70. The van der Waals surface area contributed by atoms with Crippen LogP contribution in [0, 0.1) is 0 Å². The summed E-state index contributed by atoms with van der Waals surface area (Å²) in [6.45, 7) is 5.78. The van der Waals surface area contributed by atoms with Crippen LogP contribution in [0.15, 0.2) is 46.2 Å². The summed E-state index contributed by atoms with van der Waals surface area (Å²) in [5.41, 5.74) is 0.578. The first-order valence-corrected chi connectivity index (χ1v) is 7.71. The van der Waals surface area contributed by atoms with Crippen LogP contribution in [0.4, 0.5) is 0 Å². The van der Waals surface area contributed by atoms with Crippen molar-refractivity contribution in [2.45, 2.75) is 37.0 Å². The lowest BCUT2D eigenvalue weighted by atomic mass is 10.1. The largest absolute Gasteiger partial charge is 0.287 e. The van der Waals surface area contributed by atoms with Gasteiger partial charge >= 0.3 is 0 Å². The van der Waals surface area contributed by atoms with Gasteiger partial charge in [0.05, 0.1) is 16.6 Å². The molecule has 5 heteroatoms. The number of aromatic nitrogens is 2. The highest BCUT2D eigenvalue weighted by molar-refractivity contribution is 7.98. The molecular weight excluding hydrogens is 292 g/mol. The van der Waals surface area contributed by atoms with Gasteiger partial charge in [0.2, 0.25) is 0 Å². The smallest absolute Gasteiger partial charge is 0.266 e. The Morgan fingerprint density at radius 2 is 1.90 bits per heavy atom. The van der Waals surface area contributed by atoms with E-state index in [1.165, 1.54) is 22.0 Å². The van der Waals surface area contributed by atoms with Crippen molar-refractivity contribution in [3.05, 3.63) is 57.5 Å². The molecule has 0 unspecified atom stereocenters. The highest BCUT2D eigenvalue weighted by atomic mass is 35.5. The number of benzene rings is 1. The van der Waals surface area contributed by atoms with E-state index in [9.17, 15) is 4.79 Å². The number of rotatable bonds is 3. The number of thioether (sulfide) groups is 1. The maximum Gasteiger partial charge on any atom is 0.287 e. The molecular formula is C15H17ClN2OS. The molecule has 0 amide bonds. The Labute approximate surface area is 128 Å². The van der Waals surface area contributed by atoms with Crippen molar-refractivity contribution < 1.29 is 0 Å². The normalized spacial score (nSPS) is 11.6. The quantitative estimate of drug-likeness (QED) is 0.805. The molecule has 0 aliphatic carbocycles. The minimum absolute atomic E-state index is 0.239. The lowest BCUT2D eigenvalue weighted by molar-refractivity contribution is 0.336. The second kappa shape index (κ2) is 6.02. The van der Waals surface area contributed by atoms with Crippen LogP contribution in [0.25, 0.3) is 0 Å². The second-order valence-corrected chi connectivity index (χ2v) is 6.88. The Balaban J connectivity index is 2.23. The van der Waals surface area contributed by atoms with Crippen LogP contribution in [0.5, 0.6) is 0 Å². The molecule has 3 nitrogen and oxygen atoms in total. The van der Waals surface area contributed by atoms with E-state index in [0.717, 1.165) is 10.6 Å². The van der Waals surface area contributed by atoms with Gasteiger partial charge in [0.25, 0.3) is 5.56 Å². The molecule has 0 fully saturated rings. The SMILES string of the molecule is CC(C)(C)n1ncc(SCc2ccccc2)c(Cl)c1=O. The van der Waals surface area contributed by atoms with Crippen LogP contribution >= 0.6 is 23.4 Å². The van der Waals surface area contributed by atoms with Crippen LogP contribution in [-0.4, -0.2) is 9.78 Å². The van der Waals surface area contributed by atoms with E-state index in [1.54, 1.807) is 6.20 Å². The lowest BCUT2D eigenvalue weighted by Gasteiger charge is -2.21. The fourth-order valence-corrected chi connectivity index (χ4v) is 2.87. The predicted molar refractivity (Wildman–Crippen MR) is 84.5 cm³/mol. The third-order valence-electron chi connectivity index (χ3n) is 2.76. The first-order chi connectivity index (χ1) is 9.39. The zero-order valence-electron chi connectivity index (χ0n) is 11.8. The van der Waals surface area contributed by atoms with E-state index in [-0.39, 0.29) is 16.1 Å². The molecule has 20 heavy (non-hydrogen) atoms. The van der Waals surface area contributed by atoms with Gasteiger partial charge < -0.3 is 0 Å². The molecule has 0 spiro atoms. The topological polar surface area (TPSA) is 34.9 Å². The maximum absolute atomic E-state index is 12.2. The molecule has 0 atom stereocenters. The van der Waals surface area contributed by atoms with Gasteiger partial charge in [-0.2, -0.15) is 5.10 Å². The van der Waals surface area contributed by atoms with Crippen LogP contribution < -0.4 is 5.56 Å². The minimum atomic E-state index is -0.372. The van der Waals surface area contributed by atoms with Crippen LogP contribution in [0.3, 0.4) is 0 Å². The summed E-state index contributed by atoms with van der Waals surface area (Å²) < 4.78 is 1.42. The molecule has 0 N–H and O–H groups in total. The molecule has 2 aromatic rings. The first-order valence-electron chi connectivity index (χ1n) is 6.34. The van der Waals surface area contributed by atoms with Gasteiger partial charge in [-0.05, 0) is 26.3 Å². The Morgan fingerprint density at radius 1 is 1.25 bits per heavy atom. The summed E-state index contributed by atoms with van der Waals surface area (Å²) in [6, 6.07) is 10.1. The number of nitrogens with zero attached hydrogens (tertiary/aromatic N) is 2. The van der Waals surface area contributed by atoms with Crippen molar-refractivity contribution in [3.63, 3.8) is 0 Å². The first kappa shape index (κ1) is 15.1. The standard InChI is InChI=1S/C15H17ClN2OS/c1-15(2,3)18-14(19)13(16)12(9-17-18)20-10-11-7-5-4-6-8-11/h4-9H,10H2,1-3H3. The van der Waals surface area contributed by atoms with E-state index in [4.69, 9.17) is 11.6 Å². The third kappa shape index (κ3) is 3.44. The maximum atomic E-state index is 12.2. The van der Waals surface area contributed by atoms with Gasteiger partial charge in [0.1, 0.15) is 5.02 Å². The highest BCUT2D eigenvalue weighted by Crippen LogP contribution is 2.27. The van der Waals surface area contributed by atoms with Gasteiger partial charge in [-0.25, -0.2) is 4.68 Å². The van der Waals surface area contributed by atoms with E-state index in [2.05, 4.69) is 5.10 Å². The summed E-state index contributed by atoms with van der Waals surface area (Å²) in [5, 5.41) is 4.47. The molecule has 0 aliphatic rings. The van der Waals surface area contributed by atoms with Crippen molar-refractivity contribution in [1.29, 1.82) is 0 Å². The molecule has 0 bridgehead atoms. The third-order valence-corrected chi connectivity index (χ3v) is 4.34. The molecule has 0 radical (unpaired) electrons. The zero-order valence-corrected chi connectivity index (χ0v) is 13.3. The van der Waals surface area contributed by atoms with Crippen molar-refractivity contribution in [2.24, 2.45) is 0 Å².